The second-order valence-electron chi connectivity index (χ2n) is 5.17. The molecule has 2 aliphatic rings. The van der Waals surface area contributed by atoms with E-state index in [2.05, 4.69) is 0 Å². The molecule has 2 unspecified atom stereocenters. The van der Waals surface area contributed by atoms with E-state index >= 15 is 0 Å². The van der Waals surface area contributed by atoms with Gasteiger partial charge in [0.25, 0.3) is 5.91 Å². The van der Waals surface area contributed by atoms with Crippen molar-refractivity contribution in [3.63, 3.8) is 0 Å². The van der Waals surface area contributed by atoms with Gasteiger partial charge in [-0.2, -0.15) is 0 Å². The number of alkyl halides is 1. The van der Waals surface area contributed by atoms with Crippen LogP contribution in [0, 0.1) is 0 Å². The Morgan fingerprint density at radius 3 is 2.59 bits per heavy atom. The Balaban J connectivity index is 1.91. The van der Waals surface area contributed by atoms with Crippen molar-refractivity contribution in [3.8, 4) is 0 Å². The highest BCUT2D eigenvalue weighted by atomic mass is 35.5. The third-order valence-electron chi connectivity index (χ3n) is 3.84. The van der Waals surface area contributed by atoms with E-state index in [4.69, 9.17) is 16.3 Å². The lowest BCUT2D eigenvalue weighted by Crippen LogP contribution is -2.49. The van der Waals surface area contributed by atoms with Crippen LogP contribution >= 0.6 is 11.6 Å². The molecule has 1 amide bonds. The van der Waals surface area contributed by atoms with Gasteiger partial charge in [0, 0.05) is 18.5 Å². The molecule has 1 heterocycles. The molecule has 4 heteroatoms. The van der Waals surface area contributed by atoms with Crippen LogP contribution < -0.4 is 0 Å². The zero-order valence-corrected chi connectivity index (χ0v) is 11.3. The summed E-state index contributed by atoms with van der Waals surface area (Å²) < 4.78 is 5.68. The fourth-order valence-electron chi connectivity index (χ4n) is 2.57. The zero-order valence-electron chi connectivity index (χ0n) is 10.5. The summed E-state index contributed by atoms with van der Waals surface area (Å²) in [5.74, 6) is 0.822. The van der Waals surface area contributed by atoms with Crippen LogP contribution in [0.2, 0.25) is 0 Å². The molecule has 1 aliphatic heterocycles. The standard InChI is InChI=1S/C13H22ClNO2/c1-10-6-7-12(17-10)13(16)15(9-3-8-14)11-4-2-5-11/h10-12H,2-9H2,1H3. The average molecular weight is 260 g/mol. The summed E-state index contributed by atoms with van der Waals surface area (Å²) in [6, 6.07) is 0.449. The fourth-order valence-corrected chi connectivity index (χ4v) is 2.69. The Bertz CT molecular complexity index is 268. The molecule has 0 aromatic heterocycles. The number of hydrogen-bond acceptors (Lipinski definition) is 2. The lowest BCUT2D eigenvalue weighted by Gasteiger charge is -2.38. The van der Waals surface area contributed by atoms with Crippen LogP contribution in [0.3, 0.4) is 0 Å². The summed E-state index contributed by atoms with van der Waals surface area (Å²) in [7, 11) is 0. The number of rotatable bonds is 5. The summed E-state index contributed by atoms with van der Waals surface area (Å²) in [6.07, 6.45) is 6.35. The van der Waals surface area contributed by atoms with Gasteiger partial charge in [-0.15, -0.1) is 11.6 Å². The van der Waals surface area contributed by atoms with Gasteiger partial charge in [0.1, 0.15) is 6.10 Å². The van der Waals surface area contributed by atoms with Crippen molar-refractivity contribution in [1.29, 1.82) is 0 Å². The first-order valence-corrected chi connectivity index (χ1v) is 7.27. The van der Waals surface area contributed by atoms with Crippen LogP contribution in [0.15, 0.2) is 0 Å². The Morgan fingerprint density at radius 1 is 1.35 bits per heavy atom. The number of carbonyl (C=O) groups excluding carboxylic acids is 1. The number of nitrogens with zero attached hydrogens (tertiary/aromatic N) is 1. The van der Waals surface area contributed by atoms with E-state index in [0.29, 0.717) is 11.9 Å². The predicted molar refractivity (Wildman–Crippen MR) is 68.3 cm³/mol. The van der Waals surface area contributed by atoms with E-state index in [-0.39, 0.29) is 18.1 Å². The second kappa shape index (κ2) is 6.05. The third-order valence-corrected chi connectivity index (χ3v) is 4.11. The van der Waals surface area contributed by atoms with Crippen molar-refractivity contribution < 1.29 is 9.53 Å². The van der Waals surface area contributed by atoms with E-state index in [0.717, 1.165) is 38.6 Å². The molecule has 17 heavy (non-hydrogen) atoms. The average Bonchev–Trinajstić information content (AvgIpc) is 2.67. The van der Waals surface area contributed by atoms with Crippen LogP contribution in [0.1, 0.15) is 45.4 Å². The quantitative estimate of drug-likeness (QED) is 0.711. The highest BCUT2D eigenvalue weighted by Crippen LogP contribution is 2.28. The molecule has 3 nitrogen and oxygen atoms in total. The molecule has 1 saturated carbocycles. The monoisotopic (exact) mass is 259 g/mol. The van der Waals surface area contributed by atoms with E-state index in [1.807, 2.05) is 11.8 Å². The molecular weight excluding hydrogens is 238 g/mol. The minimum atomic E-state index is -0.194. The van der Waals surface area contributed by atoms with Crippen molar-refractivity contribution in [2.45, 2.75) is 63.7 Å². The van der Waals surface area contributed by atoms with Gasteiger partial charge < -0.3 is 9.64 Å². The van der Waals surface area contributed by atoms with E-state index in [1.54, 1.807) is 0 Å². The topological polar surface area (TPSA) is 29.5 Å². The van der Waals surface area contributed by atoms with Crippen LogP contribution in [-0.2, 0) is 9.53 Å². The molecule has 0 aromatic carbocycles. The summed E-state index contributed by atoms with van der Waals surface area (Å²) in [6.45, 7) is 2.83. The predicted octanol–water partition coefficient (Wildman–Crippen LogP) is 2.56. The maximum Gasteiger partial charge on any atom is 0.251 e. The lowest BCUT2D eigenvalue weighted by molar-refractivity contribution is -0.146. The number of halogens is 1. The summed E-state index contributed by atoms with van der Waals surface area (Å²) in [5.41, 5.74) is 0. The smallest absolute Gasteiger partial charge is 0.251 e. The summed E-state index contributed by atoms with van der Waals surface area (Å²) in [5, 5.41) is 0. The lowest BCUT2D eigenvalue weighted by atomic mass is 9.91. The Labute approximate surface area is 108 Å². The van der Waals surface area contributed by atoms with Crippen LogP contribution in [0.4, 0.5) is 0 Å². The molecule has 0 radical (unpaired) electrons. The molecule has 0 spiro atoms. The van der Waals surface area contributed by atoms with E-state index < -0.39 is 0 Å². The molecule has 0 aromatic rings. The normalized spacial score (nSPS) is 29.1. The highest BCUT2D eigenvalue weighted by Gasteiger charge is 2.36. The zero-order chi connectivity index (χ0) is 12.3. The molecule has 2 fully saturated rings. The molecule has 2 atom stereocenters. The molecular formula is C13H22ClNO2. The molecule has 0 N–H and O–H groups in total. The largest absolute Gasteiger partial charge is 0.365 e. The van der Waals surface area contributed by atoms with Gasteiger partial charge in [0.05, 0.1) is 6.10 Å². The van der Waals surface area contributed by atoms with Crippen molar-refractivity contribution in [2.24, 2.45) is 0 Å². The number of amides is 1. The first-order chi connectivity index (χ1) is 8.22. The molecule has 98 valence electrons. The number of hydrogen-bond donors (Lipinski definition) is 0. The van der Waals surface area contributed by atoms with Gasteiger partial charge in [0.2, 0.25) is 0 Å². The van der Waals surface area contributed by atoms with Crippen LogP contribution in [0.25, 0.3) is 0 Å². The highest BCUT2D eigenvalue weighted by molar-refractivity contribution is 6.17. The minimum absolute atomic E-state index is 0.194. The first kappa shape index (κ1) is 13.2. The van der Waals surface area contributed by atoms with E-state index in [1.165, 1.54) is 6.42 Å². The van der Waals surface area contributed by atoms with Crippen molar-refractivity contribution in [3.05, 3.63) is 0 Å². The molecule has 1 saturated heterocycles. The van der Waals surface area contributed by atoms with Crippen LogP contribution in [0.5, 0.6) is 0 Å². The second-order valence-corrected chi connectivity index (χ2v) is 5.55. The molecule has 2 rings (SSSR count). The molecule has 1 aliphatic carbocycles. The van der Waals surface area contributed by atoms with Crippen molar-refractivity contribution >= 4 is 17.5 Å². The van der Waals surface area contributed by atoms with Gasteiger partial charge in [-0.05, 0) is 45.4 Å². The van der Waals surface area contributed by atoms with Gasteiger partial charge >= 0.3 is 0 Å². The molecule has 0 bridgehead atoms. The Morgan fingerprint density at radius 2 is 2.12 bits per heavy atom. The van der Waals surface area contributed by atoms with Gasteiger partial charge in [0.15, 0.2) is 0 Å². The number of carbonyl (C=O) groups is 1. The van der Waals surface area contributed by atoms with Crippen molar-refractivity contribution in [1.82, 2.24) is 4.90 Å². The summed E-state index contributed by atoms with van der Waals surface area (Å²) >= 11 is 5.73. The fraction of sp³-hybridized carbons (Fsp3) is 0.923. The SMILES string of the molecule is CC1CCC(C(=O)N(CCCCl)C2CCC2)O1. The Hall–Kier alpha value is -0.280. The van der Waals surface area contributed by atoms with Gasteiger partial charge in [-0.3, -0.25) is 4.79 Å². The maximum absolute atomic E-state index is 12.4. The Kier molecular flexibility index (Phi) is 4.69. The van der Waals surface area contributed by atoms with Gasteiger partial charge in [-0.1, -0.05) is 0 Å². The minimum Gasteiger partial charge on any atom is -0.365 e. The maximum atomic E-state index is 12.4. The first-order valence-electron chi connectivity index (χ1n) is 6.74. The van der Waals surface area contributed by atoms with Crippen LogP contribution in [-0.4, -0.2) is 41.5 Å². The number of ether oxygens (including phenoxy) is 1. The van der Waals surface area contributed by atoms with Crippen molar-refractivity contribution in [2.75, 3.05) is 12.4 Å². The summed E-state index contributed by atoms with van der Waals surface area (Å²) in [4.78, 5) is 14.4. The third kappa shape index (κ3) is 3.14. The van der Waals surface area contributed by atoms with Gasteiger partial charge in [-0.25, -0.2) is 0 Å². The van der Waals surface area contributed by atoms with E-state index in [9.17, 15) is 4.79 Å².